The van der Waals surface area contributed by atoms with Crippen molar-refractivity contribution in [1.82, 2.24) is 4.98 Å². The average Bonchev–Trinajstić information content (AvgIpc) is 3.46. The van der Waals surface area contributed by atoms with Crippen LogP contribution >= 0.6 is 11.3 Å². The second-order valence-electron chi connectivity index (χ2n) is 17.0. The van der Waals surface area contributed by atoms with E-state index in [1.165, 1.54) is 16.9 Å². The molecule has 6 rings (SSSR count). The van der Waals surface area contributed by atoms with Gasteiger partial charge in [-0.05, 0) is 78.4 Å². The monoisotopic (exact) mass is 670 g/mol. The SMILES string of the molecule is CO[C@@H]1C[C@@]23COC[C@](C)(C2CC[C@H]2C3=CC[C@@]3(C)[C@H](C(=O)O)[C@@](C)([C@H](C)C(C)C)CC[C@]23C)[C@H]1OCc1csc(CN=C(N)N)n1. The first-order chi connectivity index (χ1) is 22.1. The molecule has 1 aromatic rings. The maximum Gasteiger partial charge on any atom is 0.307 e. The largest absolute Gasteiger partial charge is 0.481 e. The van der Waals surface area contributed by atoms with Gasteiger partial charge in [0.1, 0.15) is 5.01 Å². The molecule has 2 bridgehead atoms. The highest BCUT2D eigenvalue weighted by molar-refractivity contribution is 7.09. The molecule has 1 aromatic heterocycles. The van der Waals surface area contributed by atoms with Gasteiger partial charge in [-0.25, -0.2) is 9.98 Å². The molecule has 1 saturated heterocycles. The summed E-state index contributed by atoms with van der Waals surface area (Å²) in [5.41, 5.74) is 12.4. The van der Waals surface area contributed by atoms with Crippen LogP contribution in [-0.2, 0) is 32.2 Å². The summed E-state index contributed by atoms with van der Waals surface area (Å²) in [6.45, 7) is 18.3. The molecule has 3 saturated carbocycles. The minimum absolute atomic E-state index is 0.0580. The molecule has 1 aliphatic heterocycles. The van der Waals surface area contributed by atoms with Crippen LogP contribution in [0.1, 0.15) is 97.7 Å². The minimum Gasteiger partial charge on any atom is -0.481 e. The molecule has 4 aliphatic carbocycles. The smallest absolute Gasteiger partial charge is 0.307 e. The molecule has 5 aliphatic rings. The number of nitrogens with two attached hydrogens (primary N) is 2. The van der Waals surface area contributed by atoms with Crippen LogP contribution in [0, 0.1) is 56.7 Å². The Labute approximate surface area is 285 Å². The summed E-state index contributed by atoms with van der Waals surface area (Å²) in [7, 11) is 1.82. The van der Waals surface area contributed by atoms with Gasteiger partial charge in [-0.3, -0.25) is 4.79 Å². The second kappa shape index (κ2) is 12.1. The number of aliphatic imine (C=N–C) groups is 1. The van der Waals surface area contributed by atoms with Crippen molar-refractivity contribution in [3.05, 3.63) is 27.7 Å². The lowest BCUT2D eigenvalue weighted by molar-refractivity contribution is -0.269. The third-order valence-electron chi connectivity index (χ3n) is 14.8. The highest BCUT2D eigenvalue weighted by atomic mass is 32.1. The third kappa shape index (κ3) is 5.13. The number of methoxy groups -OCH3 is 1. The zero-order valence-corrected chi connectivity index (χ0v) is 30.6. The van der Waals surface area contributed by atoms with E-state index < -0.39 is 11.9 Å². The normalized spacial score (nSPS) is 43.3. The third-order valence-corrected chi connectivity index (χ3v) is 15.7. The van der Waals surface area contributed by atoms with Gasteiger partial charge in [0, 0.05) is 23.3 Å². The van der Waals surface area contributed by atoms with Crippen molar-refractivity contribution in [3.8, 4) is 0 Å². The molecule has 11 atom stereocenters. The fourth-order valence-electron chi connectivity index (χ4n) is 11.9. The summed E-state index contributed by atoms with van der Waals surface area (Å²) < 4.78 is 19.7. The summed E-state index contributed by atoms with van der Waals surface area (Å²) in [6.07, 6.45) is 8.08. The number of fused-ring (bicyclic) bond motifs is 3. The maximum absolute atomic E-state index is 13.4. The number of carboxylic acid groups (broad SMARTS) is 1. The van der Waals surface area contributed by atoms with E-state index in [4.69, 9.17) is 30.7 Å². The molecule has 262 valence electrons. The lowest BCUT2D eigenvalue weighted by Crippen LogP contribution is -2.70. The van der Waals surface area contributed by atoms with Gasteiger partial charge in [-0.2, -0.15) is 0 Å². The van der Waals surface area contributed by atoms with Crippen LogP contribution < -0.4 is 11.5 Å². The van der Waals surface area contributed by atoms with Crippen molar-refractivity contribution in [1.29, 1.82) is 0 Å². The number of carboxylic acids is 1. The Balaban J connectivity index is 1.32. The van der Waals surface area contributed by atoms with Gasteiger partial charge in [0.15, 0.2) is 5.96 Å². The van der Waals surface area contributed by atoms with Gasteiger partial charge in [0.2, 0.25) is 0 Å². The number of hydrogen-bond donors (Lipinski definition) is 3. The van der Waals surface area contributed by atoms with Crippen molar-refractivity contribution < 1.29 is 24.1 Å². The van der Waals surface area contributed by atoms with E-state index in [1.807, 2.05) is 12.5 Å². The van der Waals surface area contributed by atoms with Crippen molar-refractivity contribution in [2.75, 3.05) is 20.3 Å². The summed E-state index contributed by atoms with van der Waals surface area (Å²) in [5, 5.41) is 13.8. The number of guanidine groups is 1. The molecule has 47 heavy (non-hydrogen) atoms. The van der Waals surface area contributed by atoms with E-state index in [-0.39, 0.29) is 45.2 Å². The zero-order valence-electron chi connectivity index (χ0n) is 29.8. The quantitative estimate of drug-likeness (QED) is 0.156. The lowest BCUT2D eigenvalue weighted by Gasteiger charge is -2.71. The molecule has 9 nitrogen and oxygen atoms in total. The molecule has 1 unspecified atom stereocenters. The number of thiazole rings is 1. The molecular weight excluding hydrogens is 612 g/mol. The first-order valence-corrected chi connectivity index (χ1v) is 18.6. The van der Waals surface area contributed by atoms with Crippen LogP contribution in [0.4, 0.5) is 0 Å². The number of nitrogens with zero attached hydrogens (tertiary/aromatic N) is 2. The van der Waals surface area contributed by atoms with Gasteiger partial charge >= 0.3 is 5.97 Å². The maximum atomic E-state index is 13.4. The second-order valence-corrected chi connectivity index (χ2v) is 18.0. The van der Waals surface area contributed by atoms with Crippen molar-refractivity contribution in [3.63, 3.8) is 0 Å². The number of carbonyl (C=O) groups is 1. The fraction of sp³-hybridized carbons (Fsp3) is 0.811. The summed E-state index contributed by atoms with van der Waals surface area (Å²) in [5.74, 6) is 0.527. The van der Waals surface area contributed by atoms with E-state index in [2.05, 4.69) is 59.5 Å². The summed E-state index contributed by atoms with van der Waals surface area (Å²) in [6, 6.07) is 0. The Morgan fingerprint density at radius 3 is 2.55 bits per heavy atom. The number of aromatic nitrogens is 1. The number of rotatable bonds is 9. The Morgan fingerprint density at radius 1 is 1.15 bits per heavy atom. The van der Waals surface area contributed by atoms with Crippen molar-refractivity contribution >= 4 is 23.3 Å². The highest BCUT2D eigenvalue weighted by Gasteiger charge is 2.71. The first-order valence-electron chi connectivity index (χ1n) is 17.7. The van der Waals surface area contributed by atoms with Gasteiger partial charge in [0.25, 0.3) is 0 Å². The molecule has 0 amide bonds. The molecular formula is C37H58N4O5S. The van der Waals surface area contributed by atoms with E-state index in [1.54, 1.807) is 0 Å². The Kier molecular flexibility index (Phi) is 8.96. The predicted molar refractivity (Wildman–Crippen MR) is 185 cm³/mol. The van der Waals surface area contributed by atoms with E-state index >= 15 is 0 Å². The van der Waals surface area contributed by atoms with Crippen LogP contribution in [0.15, 0.2) is 22.0 Å². The van der Waals surface area contributed by atoms with Crippen molar-refractivity contribution in [2.24, 2.45) is 73.1 Å². The van der Waals surface area contributed by atoms with Gasteiger partial charge in [-0.15, -0.1) is 11.3 Å². The lowest BCUT2D eigenvalue weighted by atomic mass is 9.34. The Bertz CT molecular complexity index is 1420. The molecule has 2 heterocycles. The molecule has 5 N–H and O–H groups in total. The van der Waals surface area contributed by atoms with Gasteiger partial charge in [-0.1, -0.05) is 60.1 Å². The van der Waals surface area contributed by atoms with E-state index in [0.29, 0.717) is 50.0 Å². The Hall–Kier alpha value is -2.01. The minimum atomic E-state index is -0.619. The van der Waals surface area contributed by atoms with Crippen molar-refractivity contribution in [2.45, 2.75) is 112 Å². The standard InChI is InChI=1S/C37H58N4O5S/c1-21(2)22(3)33(4)13-14-35(6)24-9-10-27-34(5)19-45-20-37(27,25(24)11-12-36(35,7)29(33)31(42)43)15-26(44-8)30(34)46-17-23-18-47-28(41-23)16-40-32(38)39/h11,18,21-22,24,26-27,29-30H,9-10,12-17,19-20H2,1-8H3,(H,42,43)(H4,38,39,40)/t22-,24+,26-,27?,29-,30+,33-,34-,35-,36+,37+/m1/s1. The van der Waals surface area contributed by atoms with Crippen LogP contribution in [0.2, 0.25) is 0 Å². The van der Waals surface area contributed by atoms with Gasteiger partial charge in [0.05, 0.1) is 50.2 Å². The average molecular weight is 671 g/mol. The highest BCUT2D eigenvalue weighted by Crippen LogP contribution is 2.75. The predicted octanol–water partition coefficient (Wildman–Crippen LogP) is 6.41. The molecule has 0 aromatic carbocycles. The number of allylic oxidation sites excluding steroid dienone is 1. The van der Waals surface area contributed by atoms with Gasteiger partial charge < -0.3 is 30.8 Å². The van der Waals surface area contributed by atoms with Crippen LogP contribution in [-0.4, -0.2) is 54.6 Å². The molecule has 0 spiro atoms. The van der Waals surface area contributed by atoms with E-state index in [0.717, 1.165) is 49.2 Å². The molecule has 0 radical (unpaired) electrons. The summed E-state index contributed by atoms with van der Waals surface area (Å²) >= 11 is 1.53. The molecule has 10 heteroatoms. The Morgan fingerprint density at radius 2 is 1.89 bits per heavy atom. The van der Waals surface area contributed by atoms with Crippen LogP contribution in [0.3, 0.4) is 0 Å². The van der Waals surface area contributed by atoms with E-state index in [9.17, 15) is 9.90 Å². The summed E-state index contributed by atoms with van der Waals surface area (Å²) in [4.78, 5) is 22.2. The number of ether oxygens (including phenoxy) is 3. The van der Waals surface area contributed by atoms with Crippen LogP contribution in [0.5, 0.6) is 0 Å². The molecule has 4 fully saturated rings. The van der Waals surface area contributed by atoms with Crippen LogP contribution in [0.25, 0.3) is 0 Å². The number of hydrogen-bond acceptors (Lipinski definition) is 7. The number of aliphatic carboxylic acids is 1. The topological polar surface area (TPSA) is 142 Å². The zero-order chi connectivity index (χ0) is 34.2. The fourth-order valence-corrected chi connectivity index (χ4v) is 12.6. The first kappa shape index (κ1) is 34.8.